The molecular formula is C33H32N2O5. The van der Waals surface area contributed by atoms with E-state index in [2.05, 4.69) is 16.8 Å². The molecular weight excluding hydrogens is 504 g/mol. The number of benzene rings is 4. The molecule has 0 spiro atoms. The second-order valence-electron chi connectivity index (χ2n) is 9.26. The number of hydrogen-bond acceptors (Lipinski definition) is 7. The van der Waals surface area contributed by atoms with Gasteiger partial charge in [-0.2, -0.15) is 5.11 Å². The van der Waals surface area contributed by atoms with Gasteiger partial charge in [-0.1, -0.05) is 49.0 Å². The molecule has 0 N–H and O–H groups in total. The molecule has 0 bridgehead atoms. The molecule has 4 aromatic carbocycles. The first-order valence-electron chi connectivity index (χ1n) is 13.3. The van der Waals surface area contributed by atoms with E-state index in [0.29, 0.717) is 41.5 Å². The summed E-state index contributed by atoms with van der Waals surface area (Å²) in [5.74, 6) is 0.339. The maximum atomic E-state index is 12.9. The second-order valence-corrected chi connectivity index (χ2v) is 9.26. The van der Waals surface area contributed by atoms with Gasteiger partial charge < -0.3 is 14.2 Å². The zero-order valence-electron chi connectivity index (χ0n) is 22.5. The minimum Gasteiger partial charge on any atom is -0.494 e. The zero-order chi connectivity index (χ0) is 28.2. The lowest BCUT2D eigenvalue weighted by atomic mass is 10.1. The van der Waals surface area contributed by atoms with E-state index >= 15 is 0 Å². The maximum absolute atomic E-state index is 12.9. The van der Waals surface area contributed by atoms with E-state index in [-0.39, 0.29) is 5.97 Å². The van der Waals surface area contributed by atoms with Crippen molar-refractivity contribution in [3.05, 3.63) is 109 Å². The van der Waals surface area contributed by atoms with Gasteiger partial charge in [-0.15, -0.1) is 5.11 Å². The van der Waals surface area contributed by atoms with Gasteiger partial charge in [0.15, 0.2) is 0 Å². The van der Waals surface area contributed by atoms with Crippen molar-refractivity contribution in [3.8, 4) is 11.5 Å². The molecule has 0 atom stereocenters. The van der Waals surface area contributed by atoms with E-state index < -0.39 is 5.97 Å². The Morgan fingerprint density at radius 1 is 0.725 bits per heavy atom. The predicted molar refractivity (Wildman–Crippen MR) is 156 cm³/mol. The van der Waals surface area contributed by atoms with Crippen molar-refractivity contribution in [1.29, 1.82) is 0 Å². The molecule has 0 unspecified atom stereocenters. The lowest BCUT2D eigenvalue weighted by Crippen LogP contribution is -2.08. The van der Waals surface area contributed by atoms with Gasteiger partial charge >= 0.3 is 11.9 Å². The van der Waals surface area contributed by atoms with Gasteiger partial charge in [-0.05, 0) is 81.1 Å². The molecule has 0 saturated heterocycles. The number of nitrogens with zero attached hydrogens (tertiary/aromatic N) is 2. The first-order chi connectivity index (χ1) is 19.5. The fraction of sp³-hybridized carbons (Fsp3) is 0.212. The summed E-state index contributed by atoms with van der Waals surface area (Å²) in [6.45, 7) is 6.17. The minimum atomic E-state index is -0.456. The second kappa shape index (κ2) is 14.4. The third kappa shape index (κ3) is 8.11. The van der Waals surface area contributed by atoms with E-state index in [4.69, 9.17) is 14.2 Å². The van der Waals surface area contributed by atoms with Crippen LogP contribution in [0.25, 0.3) is 10.8 Å². The standard InChI is InChI=1S/C33H32N2O5/c1-24(2)32(36)39-23-11-4-3-10-22-38-27-18-16-25(17-19-27)33(37)40-31-21-20-30(28-14-8-9-15-29(28)31)35-34-26-12-6-5-7-13-26/h5-9,12-21H,1,3-4,10-11,22-23H2,2H3. The molecule has 0 heterocycles. The van der Waals surface area contributed by atoms with Crippen LogP contribution in [0.3, 0.4) is 0 Å². The number of carbonyl (C=O) groups excluding carboxylic acids is 2. The largest absolute Gasteiger partial charge is 0.494 e. The Hall–Kier alpha value is -4.78. The van der Waals surface area contributed by atoms with Gasteiger partial charge in [0.2, 0.25) is 0 Å². The number of unbranched alkanes of at least 4 members (excludes halogenated alkanes) is 3. The van der Waals surface area contributed by atoms with Crippen LogP contribution in [0, 0.1) is 0 Å². The minimum absolute atomic E-state index is 0.344. The highest BCUT2D eigenvalue weighted by molar-refractivity contribution is 5.99. The normalized spacial score (nSPS) is 10.9. The molecule has 7 heteroatoms. The third-order valence-electron chi connectivity index (χ3n) is 6.07. The van der Waals surface area contributed by atoms with E-state index in [1.54, 1.807) is 43.3 Å². The van der Waals surface area contributed by atoms with E-state index in [0.717, 1.165) is 42.1 Å². The third-order valence-corrected chi connectivity index (χ3v) is 6.07. The van der Waals surface area contributed by atoms with Gasteiger partial charge in [-0.3, -0.25) is 0 Å². The molecule has 0 aromatic heterocycles. The zero-order valence-corrected chi connectivity index (χ0v) is 22.5. The highest BCUT2D eigenvalue weighted by Gasteiger charge is 2.13. The van der Waals surface area contributed by atoms with Crippen LogP contribution in [-0.4, -0.2) is 25.2 Å². The van der Waals surface area contributed by atoms with Gasteiger partial charge in [0.1, 0.15) is 11.5 Å². The fourth-order valence-corrected chi connectivity index (χ4v) is 3.92. The lowest BCUT2D eigenvalue weighted by molar-refractivity contribution is -0.139. The summed E-state index contributed by atoms with van der Waals surface area (Å²) in [5, 5.41) is 10.3. The number of esters is 2. The van der Waals surface area contributed by atoms with Gasteiger partial charge in [-0.25, -0.2) is 9.59 Å². The van der Waals surface area contributed by atoms with Gasteiger partial charge in [0.25, 0.3) is 0 Å². The number of rotatable bonds is 13. The topological polar surface area (TPSA) is 86.5 Å². The van der Waals surface area contributed by atoms with Crippen molar-refractivity contribution in [2.24, 2.45) is 10.2 Å². The van der Waals surface area contributed by atoms with Crippen molar-refractivity contribution in [1.82, 2.24) is 0 Å². The maximum Gasteiger partial charge on any atom is 0.343 e. The van der Waals surface area contributed by atoms with Gasteiger partial charge in [0, 0.05) is 16.3 Å². The molecule has 4 aromatic rings. The average molecular weight is 537 g/mol. The van der Waals surface area contributed by atoms with Gasteiger partial charge in [0.05, 0.1) is 30.2 Å². The van der Waals surface area contributed by atoms with Crippen LogP contribution in [0.2, 0.25) is 0 Å². The summed E-state index contributed by atoms with van der Waals surface area (Å²) in [4.78, 5) is 24.2. The Kier molecular flexibility index (Phi) is 10.2. The Morgan fingerprint density at radius 2 is 1.40 bits per heavy atom. The summed E-state index contributed by atoms with van der Waals surface area (Å²) >= 11 is 0. The van der Waals surface area contributed by atoms with Crippen molar-refractivity contribution in [3.63, 3.8) is 0 Å². The molecule has 40 heavy (non-hydrogen) atoms. The first-order valence-corrected chi connectivity index (χ1v) is 13.3. The molecule has 7 nitrogen and oxygen atoms in total. The average Bonchev–Trinajstić information content (AvgIpc) is 2.98. The molecule has 0 radical (unpaired) electrons. The van der Waals surface area contributed by atoms with Crippen molar-refractivity contribution in [2.45, 2.75) is 32.6 Å². The van der Waals surface area contributed by atoms with Crippen LogP contribution in [0.15, 0.2) is 113 Å². The van der Waals surface area contributed by atoms with Crippen LogP contribution in [0.1, 0.15) is 43.0 Å². The van der Waals surface area contributed by atoms with Crippen molar-refractivity contribution < 1.29 is 23.8 Å². The molecule has 4 rings (SSSR count). The quantitative estimate of drug-likeness (QED) is 0.0562. The number of ether oxygens (including phenoxy) is 3. The number of azo groups is 1. The Morgan fingerprint density at radius 3 is 2.12 bits per heavy atom. The van der Waals surface area contributed by atoms with Crippen molar-refractivity contribution in [2.75, 3.05) is 13.2 Å². The van der Waals surface area contributed by atoms with Crippen LogP contribution >= 0.6 is 0 Å². The molecule has 0 aliphatic carbocycles. The van der Waals surface area contributed by atoms with E-state index in [1.807, 2.05) is 54.6 Å². The molecule has 0 amide bonds. The van der Waals surface area contributed by atoms with Crippen LogP contribution in [0.4, 0.5) is 11.4 Å². The highest BCUT2D eigenvalue weighted by Crippen LogP contribution is 2.34. The molecule has 0 saturated carbocycles. The number of fused-ring (bicyclic) bond motifs is 1. The predicted octanol–water partition coefficient (Wildman–Crippen LogP) is 8.53. The highest BCUT2D eigenvalue weighted by atomic mass is 16.5. The molecule has 0 fully saturated rings. The number of hydrogen-bond donors (Lipinski definition) is 0. The van der Waals surface area contributed by atoms with Crippen molar-refractivity contribution >= 4 is 34.1 Å². The first kappa shape index (κ1) is 28.2. The SMILES string of the molecule is C=C(C)C(=O)OCCCCCCOc1ccc(C(=O)Oc2ccc(N=Nc3ccccc3)c3ccccc23)cc1. The summed E-state index contributed by atoms with van der Waals surface area (Å²) < 4.78 is 16.6. The van der Waals surface area contributed by atoms with Crippen LogP contribution in [-0.2, 0) is 9.53 Å². The summed E-state index contributed by atoms with van der Waals surface area (Å²) in [6.07, 6.45) is 3.61. The molecule has 0 aliphatic heterocycles. The van der Waals surface area contributed by atoms with E-state index in [1.165, 1.54) is 0 Å². The van der Waals surface area contributed by atoms with E-state index in [9.17, 15) is 9.59 Å². The molecule has 0 aliphatic rings. The Balaban J connectivity index is 1.28. The summed E-state index contributed by atoms with van der Waals surface area (Å²) in [5.41, 5.74) is 2.28. The summed E-state index contributed by atoms with van der Waals surface area (Å²) in [7, 11) is 0. The fourth-order valence-electron chi connectivity index (χ4n) is 3.92. The number of carbonyl (C=O) groups is 2. The Bertz CT molecular complexity index is 1480. The smallest absolute Gasteiger partial charge is 0.343 e. The van der Waals surface area contributed by atoms with Crippen LogP contribution in [0.5, 0.6) is 11.5 Å². The summed E-state index contributed by atoms with van der Waals surface area (Å²) in [6, 6.07) is 27.6. The lowest BCUT2D eigenvalue weighted by Gasteiger charge is -2.10. The Labute approximate surface area is 234 Å². The van der Waals surface area contributed by atoms with Crippen LogP contribution < -0.4 is 9.47 Å². The molecule has 204 valence electrons. The monoisotopic (exact) mass is 536 g/mol.